The summed E-state index contributed by atoms with van der Waals surface area (Å²) in [5.74, 6) is -0.386. The van der Waals surface area contributed by atoms with E-state index >= 15 is 0 Å². The van der Waals surface area contributed by atoms with Crippen molar-refractivity contribution in [1.29, 1.82) is 0 Å². The molecule has 0 spiro atoms. The van der Waals surface area contributed by atoms with Crippen LogP contribution in [0.1, 0.15) is 46.0 Å². The lowest BCUT2D eigenvalue weighted by molar-refractivity contribution is -0.152. The average Bonchev–Trinajstić information content (AvgIpc) is 2.22. The molecular weight excluding hydrogens is 176 g/mol. The molecule has 14 heavy (non-hydrogen) atoms. The van der Waals surface area contributed by atoms with Crippen LogP contribution >= 0.6 is 0 Å². The third-order valence-electron chi connectivity index (χ3n) is 3.65. The second-order valence-electron chi connectivity index (χ2n) is 4.13. The molecule has 0 heterocycles. The molecule has 1 rings (SSSR count). The molecule has 80 valence electrons. The van der Waals surface area contributed by atoms with Crippen molar-refractivity contribution in [1.82, 2.24) is 0 Å². The molecule has 0 amide bonds. The molecule has 2 heteroatoms. The number of allylic oxidation sites excluding steroid dienone is 2. The van der Waals surface area contributed by atoms with Gasteiger partial charge in [-0.2, -0.15) is 0 Å². The molecule has 1 aliphatic rings. The van der Waals surface area contributed by atoms with E-state index in [0.717, 1.165) is 32.1 Å². The summed E-state index contributed by atoms with van der Waals surface area (Å²) in [4.78, 5) is 11.3. The maximum absolute atomic E-state index is 11.3. The quantitative estimate of drug-likeness (QED) is 0.701. The second-order valence-corrected chi connectivity index (χ2v) is 4.13. The first-order valence-electron chi connectivity index (χ1n) is 5.57. The van der Waals surface area contributed by atoms with Crippen LogP contribution in [0.25, 0.3) is 0 Å². The lowest BCUT2D eigenvalue weighted by atomic mass is 9.68. The fourth-order valence-corrected chi connectivity index (χ4v) is 2.51. The van der Waals surface area contributed by atoms with Crippen LogP contribution in [0.3, 0.4) is 0 Å². The Bertz CT molecular complexity index is 226. The lowest BCUT2D eigenvalue weighted by Crippen LogP contribution is -2.37. The number of aliphatic carboxylic acids is 1. The van der Waals surface area contributed by atoms with E-state index in [0.29, 0.717) is 0 Å². The highest BCUT2D eigenvalue weighted by molar-refractivity contribution is 5.75. The monoisotopic (exact) mass is 196 g/mol. The van der Waals surface area contributed by atoms with E-state index in [1.807, 2.05) is 13.8 Å². The molecule has 1 N–H and O–H groups in total. The Morgan fingerprint density at radius 3 is 2.50 bits per heavy atom. The Balaban J connectivity index is 2.90. The van der Waals surface area contributed by atoms with Crippen molar-refractivity contribution in [3.63, 3.8) is 0 Å². The van der Waals surface area contributed by atoms with Crippen LogP contribution in [0.15, 0.2) is 12.2 Å². The standard InChI is InChI=1S/C12H20O2/c1-3-12(4-2,11(13)14)10-8-6-5-7-9-10/h6,8,10H,3-5,7,9H2,1-2H3,(H,13,14). The van der Waals surface area contributed by atoms with Crippen LogP contribution in [-0.4, -0.2) is 11.1 Å². The highest BCUT2D eigenvalue weighted by Gasteiger charge is 2.41. The van der Waals surface area contributed by atoms with Crippen LogP contribution in [0, 0.1) is 11.3 Å². The summed E-state index contributed by atoms with van der Waals surface area (Å²) in [5.41, 5.74) is -0.517. The zero-order chi connectivity index (χ0) is 10.6. The van der Waals surface area contributed by atoms with E-state index in [2.05, 4.69) is 12.2 Å². The molecule has 0 radical (unpaired) electrons. The zero-order valence-electron chi connectivity index (χ0n) is 9.12. The zero-order valence-corrected chi connectivity index (χ0v) is 9.12. The van der Waals surface area contributed by atoms with Crippen molar-refractivity contribution in [2.75, 3.05) is 0 Å². The van der Waals surface area contributed by atoms with Gasteiger partial charge in [0.1, 0.15) is 0 Å². The van der Waals surface area contributed by atoms with E-state index in [1.165, 1.54) is 0 Å². The maximum atomic E-state index is 11.3. The molecule has 0 aromatic heterocycles. The fraction of sp³-hybridized carbons (Fsp3) is 0.750. The molecule has 2 nitrogen and oxygen atoms in total. The van der Waals surface area contributed by atoms with E-state index in [4.69, 9.17) is 0 Å². The normalized spacial score (nSPS) is 22.3. The predicted octanol–water partition coefficient (Wildman–Crippen LogP) is 3.23. The summed E-state index contributed by atoms with van der Waals surface area (Å²) >= 11 is 0. The van der Waals surface area contributed by atoms with Gasteiger partial charge in [-0.05, 0) is 38.0 Å². The van der Waals surface area contributed by atoms with Gasteiger partial charge in [0.2, 0.25) is 0 Å². The molecule has 0 aromatic rings. The molecule has 1 aliphatic carbocycles. The van der Waals surface area contributed by atoms with E-state index in [-0.39, 0.29) is 5.92 Å². The molecule has 0 aliphatic heterocycles. The van der Waals surface area contributed by atoms with Crippen molar-refractivity contribution in [3.05, 3.63) is 12.2 Å². The molecule has 0 bridgehead atoms. The summed E-state index contributed by atoms with van der Waals surface area (Å²) in [6, 6.07) is 0. The predicted molar refractivity (Wildman–Crippen MR) is 57.1 cm³/mol. The minimum absolute atomic E-state index is 0.240. The number of hydrogen-bond donors (Lipinski definition) is 1. The van der Waals surface area contributed by atoms with Gasteiger partial charge in [0, 0.05) is 0 Å². The van der Waals surface area contributed by atoms with Gasteiger partial charge in [-0.1, -0.05) is 26.0 Å². The van der Waals surface area contributed by atoms with Crippen molar-refractivity contribution in [2.45, 2.75) is 46.0 Å². The second kappa shape index (κ2) is 4.63. The average molecular weight is 196 g/mol. The Kier molecular flexibility index (Phi) is 3.73. The minimum atomic E-state index is -0.626. The SMILES string of the molecule is CCC(CC)(C(=O)O)C1C=CCCC1. The Hall–Kier alpha value is -0.790. The number of hydrogen-bond acceptors (Lipinski definition) is 1. The van der Waals surface area contributed by atoms with Gasteiger partial charge in [-0.15, -0.1) is 0 Å². The van der Waals surface area contributed by atoms with Crippen LogP contribution in [-0.2, 0) is 4.79 Å². The third-order valence-corrected chi connectivity index (χ3v) is 3.65. The first-order chi connectivity index (χ1) is 6.67. The summed E-state index contributed by atoms with van der Waals surface area (Å²) in [5, 5.41) is 9.34. The Morgan fingerprint density at radius 1 is 1.50 bits per heavy atom. The third kappa shape index (κ3) is 1.84. The van der Waals surface area contributed by atoms with Crippen LogP contribution in [0.5, 0.6) is 0 Å². The van der Waals surface area contributed by atoms with Crippen molar-refractivity contribution in [3.8, 4) is 0 Å². The molecular formula is C12H20O2. The van der Waals surface area contributed by atoms with Gasteiger partial charge in [0.05, 0.1) is 5.41 Å². The molecule has 0 saturated carbocycles. The minimum Gasteiger partial charge on any atom is -0.481 e. The van der Waals surface area contributed by atoms with Gasteiger partial charge < -0.3 is 5.11 Å². The fourth-order valence-electron chi connectivity index (χ4n) is 2.51. The lowest BCUT2D eigenvalue weighted by Gasteiger charge is -2.35. The molecule has 0 saturated heterocycles. The number of rotatable bonds is 4. The largest absolute Gasteiger partial charge is 0.481 e. The van der Waals surface area contributed by atoms with Crippen LogP contribution in [0.2, 0.25) is 0 Å². The van der Waals surface area contributed by atoms with E-state index in [9.17, 15) is 9.90 Å². The molecule has 0 fully saturated rings. The van der Waals surface area contributed by atoms with Crippen molar-refractivity contribution < 1.29 is 9.90 Å². The first kappa shape index (κ1) is 11.3. The van der Waals surface area contributed by atoms with Crippen molar-refractivity contribution in [2.24, 2.45) is 11.3 Å². The molecule has 1 atom stereocenters. The summed E-state index contributed by atoms with van der Waals surface area (Å²) in [6.45, 7) is 3.97. The number of carboxylic acids is 1. The highest BCUT2D eigenvalue weighted by Crippen LogP contribution is 2.41. The van der Waals surface area contributed by atoms with Gasteiger partial charge >= 0.3 is 5.97 Å². The Morgan fingerprint density at radius 2 is 2.14 bits per heavy atom. The summed E-state index contributed by atoms with van der Waals surface area (Å²) in [7, 11) is 0. The Labute approximate surface area is 86.0 Å². The van der Waals surface area contributed by atoms with E-state index < -0.39 is 11.4 Å². The van der Waals surface area contributed by atoms with Gasteiger partial charge in [0.15, 0.2) is 0 Å². The molecule has 0 aromatic carbocycles. The first-order valence-corrected chi connectivity index (χ1v) is 5.57. The molecule has 1 unspecified atom stereocenters. The maximum Gasteiger partial charge on any atom is 0.310 e. The summed E-state index contributed by atoms with van der Waals surface area (Å²) in [6.07, 6.45) is 8.99. The number of carbonyl (C=O) groups is 1. The van der Waals surface area contributed by atoms with Crippen LogP contribution < -0.4 is 0 Å². The summed E-state index contributed by atoms with van der Waals surface area (Å²) < 4.78 is 0. The number of carboxylic acid groups (broad SMARTS) is 1. The van der Waals surface area contributed by atoms with Crippen molar-refractivity contribution >= 4 is 5.97 Å². The van der Waals surface area contributed by atoms with Gasteiger partial charge in [0.25, 0.3) is 0 Å². The van der Waals surface area contributed by atoms with E-state index in [1.54, 1.807) is 0 Å². The smallest absolute Gasteiger partial charge is 0.310 e. The van der Waals surface area contributed by atoms with Crippen LogP contribution in [0.4, 0.5) is 0 Å². The highest BCUT2D eigenvalue weighted by atomic mass is 16.4. The van der Waals surface area contributed by atoms with Gasteiger partial charge in [-0.25, -0.2) is 0 Å². The van der Waals surface area contributed by atoms with Gasteiger partial charge in [-0.3, -0.25) is 4.79 Å². The topological polar surface area (TPSA) is 37.3 Å².